The molecule has 0 saturated heterocycles. The minimum atomic E-state index is -0.782. The summed E-state index contributed by atoms with van der Waals surface area (Å²) in [5.74, 6) is -2.19. The first-order valence-corrected chi connectivity index (χ1v) is 8.92. The maximum atomic E-state index is 14.0. The molecule has 1 aromatic carbocycles. The van der Waals surface area contributed by atoms with Crippen molar-refractivity contribution in [3.05, 3.63) is 63.0 Å². The summed E-state index contributed by atoms with van der Waals surface area (Å²) in [5, 5.41) is 14.4. The molecule has 3 heterocycles. The lowest BCUT2D eigenvalue weighted by molar-refractivity contribution is 0.402. The van der Waals surface area contributed by atoms with Crippen LogP contribution in [0.25, 0.3) is 11.7 Å². The summed E-state index contributed by atoms with van der Waals surface area (Å²) in [7, 11) is 0. The molecule has 1 saturated carbocycles. The van der Waals surface area contributed by atoms with Crippen molar-refractivity contribution in [2.24, 2.45) is 4.99 Å². The molecule has 0 radical (unpaired) electrons. The SMILES string of the molecule is O=c1[nH]c(O)c(C=c2cnn3c(=NC4CC4)nc(Oc4cc(F)ccc4F)nc23)[nH]1. The van der Waals surface area contributed by atoms with Crippen LogP contribution in [0.4, 0.5) is 8.78 Å². The van der Waals surface area contributed by atoms with Crippen LogP contribution in [0.2, 0.25) is 0 Å². The number of imidazole rings is 1. The van der Waals surface area contributed by atoms with Crippen molar-refractivity contribution in [3.8, 4) is 17.6 Å². The van der Waals surface area contributed by atoms with Gasteiger partial charge in [-0.05, 0) is 31.1 Å². The van der Waals surface area contributed by atoms with Crippen molar-refractivity contribution < 1.29 is 18.6 Å². The Hall–Kier alpha value is -4.09. The molecule has 3 aromatic heterocycles. The summed E-state index contributed by atoms with van der Waals surface area (Å²) in [6.07, 6.45) is 4.68. The smallest absolute Gasteiger partial charge is 0.327 e. The summed E-state index contributed by atoms with van der Waals surface area (Å²) < 4.78 is 34.2. The third kappa shape index (κ3) is 3.38. The van der Waals surface area contributed by atoms with Crippen LogP contribution in [0.5, 0.6) is 17.6 Å². The summed E-state index contributed by atoms with van der Waals surface area (Å²) in [5.41, 5.74) is -0.0499. The van der Waals surface area contributed by atoms with E-state index in [1.54, 1.807) is 0 Å². The van der Waals surface area contributed by atoms with E-state index in [9.17, 15) is 18.7 Å². The van der Waals surface area contributed by atoms with Crippen molar-refractivity contribution in [2.45, 2.75) is 18.9 Å². The van der Waals surface area contributed by atoms with E-state index in [0.29, 0.717) is 5.22 Å². The van der Waals surface area contributed by atoms with Crippen molar-refractivity contribution in [1.82, 2.24) is 29.5 Å². The Morgan fingerprint density at radius 1 is 1.27 bits per heavy atom. The van der Waals surface area contributed by atoms with Crippen LogP contribution in [0.15, 0.2) is 34.2 Å². The molecule has 0 aliphatic heterocycles. The highest BCUT2D eigenvalue weighted by atomic mass is 19.1. The quantitative estimate of drug-likeness (QED) is 0.447. The van der Waals surface area contributed by atoms with Crippen molar-refractivity contribution in [1.29, 1.82) is 0 Å². The second-order valence-electron chi connectivity index (χ2n) is 6.66. The molecule has 3 N–H and O–H groups in total. The third-order valence-corrected chi connectivity index (χ3v) is 4.33. The highest BCUT2D eigenvalue weighted by molar-refractivity contribution is 5.56. The average molecular weight is 413 g/mol. The number of ether oxygens (including phenoxy) is 1. The number of fused-ring (bicyclic) bond motifs is 1. The summed E-state index contributed by atoms with van der Waals surface area (Å²) in [4.78, 5) is 28.9. The molecular formula is C18H13F2N7O3. The number of aromatic amines is 2. The largest absolute Gasteiger partial charge is 0.493 e. The first kappa shape index (κ1) is 18.0. The molecule has 5 rings (SSSR count). The second-order valence-corrected chi connectivity index (χ2v) is 6.66. The predicted molar refractivity (Wildman–Crippen MR) is 97.7 cm³/mol. The Bertz CT molecular complexity index is 1450. The molecule has 0 spiro atoms. The Morgan fingerprint density at radius 2 is 2.10 bits per heavy atom. The van der Waals surface area contributed by atoms with Crippen LogP contribution in [0, 0.1) is 11.6 Å². The summed E-state index contributed by atoms with van der Waals surface area (Å²) in [6.45, 7) is 0. The maximum Gasteiger partial charge on any atom is 0.327 e. The molecule has 1 aliphatic carbocycles. The molecular weight excluding hydrogens is 400 g/mol. The fraction of sp³-hybridized carbons (Fsp3) is 0.167. The third-order valence-electron chi connectivity index (χ3n) is 4.33. The Labute approximate surface area is 165 Å². The fourth-order valence-corrected chi connectivity index (χ4v) is 2.76. The van der Waals surface area contributed by atoms with E-state index >= 15 is 0 Å². The fourth-order valence-electron chi connectivity index (χ4n) is 2.76. The van der Waals surface area contributed by atoms with Crippen molar-refractivity contribution in [3.63, 3.8) is 0 Å². The van der Waals surface area contributed by atoms with Gasteiger partial charge in [0.1, 0.15) is 11.5 Å². The van der Waals surface area contributed by atoms with Gasteiger partial charge >= 0.3 is 11.7 Å². The van der Waals surface area contributed by atoms with Gasteiger partial charge in [-0.15, -0.1) is 0 Å². The number of rotatable bonds is 4. The van der Waals surface area contributed by atoms with E-state index in [1.165, 1.54) is 16.8 Å². The number of aromatic hydroxyl groups is 1. The topological polar surface area (TPSA) is 134 Å². The molecule has 10 nitrogen and oxygen atoms in total. The molecule has 4 aromatic rings. The van der Waals surface area contributed by atoms with Crippen LogP contribution >= 0.6 is 0 Å². The Morgan fingerprint density at radius 3 is 2.83 bits per heavy atom. The molecule has 0 atom stereocenters. The van der Waals surface area contributed by atoms with E-state index in [1.807, 2.05) is 0 Å². The number of hydrogen-bond donors (Lipinski definition) is 3. The molecule has 0 bridgehead atoms. The second kappa shape index (κ2) is 6.76. The van der Waals surface area contributed by atoms with Crippen molar-refractivity contribution in [2.75, 3.05) is 0 Å². The van der Waals surface area contributed by atoms with E-state index in [4.69, 9.17) is 4.74 Å². The van der Waals surface area contributed by atoms with Crippen LogP contribution in [-0.2, 0) is 0 Å². The van der Waals surface area contributed by atoms with Gasteiger partial charge in [-0.3, -0.25) is 4.98 Å². The van der Waals surface area contributed by atoms with Gasteiger partial charge in [0.15, 0.2) is 17.2 Å². The lowest BCUT2D eigenvalue weighted by atomic mass is 10.3. The number of nitrogens with one attached hydrogen (secondary N) is 2. The highest BCUT2D eigenvalue weighted by Gasteiger charge is 2.21. The Kier molecular flexibility index (Phi) is 4.05. The molecule has 0 unspecified atom stereocenters. The first-order valence-electron chi connectivity index (χ1n) is 8.92. The molecule has 1 fully saturated rings. The van der Waals surface area contributed by atoms with E-state index in [0.717, 1.165) is 31.0 Å². The maximum absolute atomic E-state index is 14.0. The summed E-state index contributed by atoms with van der Waals surface area (Å²) in [6, 6.07) is 2.61. The molecule has 12 heteroatoms. The van der Waals surface area contributed by atoms with Gasteiger partial charge in [-0.25, -0.2) is 18.6 Å². The number of halogens is 2. The highest BCUT2D eigenvalue weighted by Crippen LogP contribution is 2.24. The van der Waals surface area contributed by atoms with E-state index < -0.39 is 17.3 Å². The number of benzene rings is 1. The zero-order chi connectivity index (χ0) is 20.8. The van der Waals surface area contributed by atoms with Gasteiger partial charge in [0, 0.05) is 11.3 Å². The minimum Gasteiger partial charge on any atom is -0.493 e. The lowest BCUT2D eigenvalue weighted by Gasteiger charge is -2.05. The predicted octanol–water partition coefficient (Wildman–Crippen LogP) is 0.528. The number of aromatic nitrogens is 6. The first-order chi connectivity index (χ1) is 14.5. The van der Waals surface area contributed by atoms with E-state index in [2.05, 4.69) is 30.0 Å². The zero-order valence-electron chi connectivity index (χ0n) is 15.1. The summed E-state index contributed by atoms with van der Waals surface area (Å²) >= 11 is 0. The number of hydrogen-bond acceptors (Lipinski definition) is 7. The van der Waals surface area contributed by atoms with Gasteiger partial charge in [0.2, 0.25) is 5.88 Å². The van der Waals surface area contributed by atoms with E-state index in [-0.39, 0.29) is 40.6 Å². The number of nitrogens with zero attached hydrogens (tertiary/aromatic N) is 5. The molecule has 30 heavy (non-hydrogen) atoms. The molecule has 1 aliphatic rings. The molecule has 0 amide bonds. The average Bonchev–Trinajstić information content (AvgIpc) is 3.34. The molecule has 152 valence electrons. The normalized spacial score (nSPS) is 15.3. The van der Waals surface area contributed by atoms with Crippen LogP contribution in [0.1, 0.15) is 18.5 Å². The van der Waals surface area contributed by atoms with Gasteiger partial charge in [0.05, 0.1) is 12.2 Å². The van der Waals surface area contributed by atoms with Gasteiger partial charge in [0.25, 0.3) is 5.62 Å². The lowest BCUT2D eigenvalue weighted by Crippen LogP contribution is -2.23. The van der Waals surface area contributed by atoms with Gasteiger partial charge in [-0.2, -0.15) is 19.6 Å². The van der Waals surface area contributed by atoms with Crippen LogP contribution in [-0.4, -0.2) is 40.7 Å². The van der Waals surface area contributed by atoms with Crippen LogP contribution < -0.4 is 21.3 Å². The number of H-pyrrole nitrogens is 2. The monoisotopic (exact) mass is 413 g/mol. The zero-order valence-corrected chi connectivity index (χ0v) is 15.1. The van der Waals surface area contributed by atoms with Gasteiger partial charge in [-0.1, -0.05) is 0 Å². The van der Waals surface area contributed by atoms with Gasteiger partial charge < -0.3 is 14.8 Å². The van der Waals surface area contributed by atoms with Crippen molar-refractivity contribution >= 4 is 11.7 Å². The van der Waals surface area contributed by atoms with Crippen LogP contribution in [0.3, 0.4) is 0 Å². The standard InChI is InChI=1S/C18H13F2N7O3/c19-9-1-4-11(20)13(6-9)30-18-24-14-8(5-12-15(28)25-17(29)23-12)7-21-27(14)16(26-18)22-10-2-3-10/h1,4-7,10,28H,2-3H2,(H2,23,25,29). The Balaban J connectivity index is 1.69. The minimum absolute atomic E-state index is 0.0866.